The van der Waals surface area contributed by atoms with Crippen LogP contribution in [0.5, 0.6) is 0 Å². The van der Waals surface area contributed by atoms with Crippen LogP contribution in [0.15, 0.2) is 24.3 Å². The first-order chi connectivity index (χ1) is 18.6. The average Bonchev–Trinajstić information content (AvgIpc) is 3.55. The zero-order chi connectivity index (χ0) is 27.9. The molecule has 1 saturated carbocycles. The summed E-state index contributed by atoms with van der Waals surface area (Å²) < 4.78 is 19.1. The van der Waals surface area contributed by atoms with Gasteiger partial charge in [0.25, 0.3) is 0 Å². The van der Waals surface area contributed by atoms with Gasteiger partial charge in [-0.15, -0.1) is 0 Å². The van der Waals surface area contributed by atoms with Crippen LogP contribution in [0, 0.1) is 23.1 Å². The number of nitrogens with one attached hydrogen (secondary N) is 1. The lowest BCUT2D eigenvalue weighted by molar-refractivity contribution is -0.143. The fourth-order valence-electron chi connectivity index (χ4n) is 6.57. The number of ether oxygens (including phenoxy) is 1. The minimum atomic E-state index is -0.936. The van der Waals surface area contributed by atoms with Crippen molar-refractivity contribution < 1.29 is 23.5 Å². The number of piperazine rings is 1. The molecule has 3 saturated heterocycles. The Morgan fingerprint density at radius 2 is 1.90 bits per heavy atom. The van der Waals surface area contributed by atoms with Crippen molar-refractivity contribution in [2.75, 3.05) is 19.6 Å². The molecule has 0 radical (unpaired) electrons. The predicted octanol–water partition coefficient (Wildman–Crippen LogP) is 3.36. The summed E-state index contributed by atoms with van der Waals surface area (Å²) in [7, 11) is 0. The standard InChI is InChI=1S/C29H38FN5O4/c1-29(2,3)39-28(38)32-23(26(36)34-13-5-8-21(34)15-31)17-33-16-22-14-24(33)27(37)35(22)25(18-6-4-7-18)19-9-11-20(30)12-10-19/h9-12,18,21-25H,4-8,13-14,16-17H2,1-3H3,(H,32,38)/t21-,22-,23-,24-,25+/m0/s1. The van der Waals surface area contributed by atoms with Gasteiger partial charge in [0.15, 0.2) is 0 Å². The molecule has 5 atom stereocenters. The molecule has 1 aliphatic carbocycles. The zero-order valence-corrected chi connectivity index (χ0v) is 22.9. The van der Waals surface area contributed by atoms with E-state index in [4.69, 9.17) is 4.74 Å². The fourth-order valence-corrected chi connectivity index (χ4v) is 6.57. The van der Waals surface area contributed by atoms with Crippen LogP contribution in [0.3, 0.4) is 0 Å². The second kappa shape index (κ2) is 10.8. The Labute approximate surface area is 229 Å². The monoisotopic (exact) mass is 539 g/mol. The van der Waals surface area contributed by atoms with Crippen molar-refractivity contribution in [1.82, 2.24) is 20.0 Å². The van der Waals surface area contributed by atoms with Gasteiger partial charge in [0.1, 0.15) is 23.5 Å². The highest BCUT2D eigenvalue weighted by molar-refractivity contribution is 5.88. The molecule has 1 aromatic rings. The summed E-state index contributed by atoms with van der Waals surface area (Å²) in [6, 6.07) is 6.73. The maximum Gasteiger partial charge on any atom is 0.408 e. The summed E-state index contributed by atoms with van der Waals surface area (Å²) in [4.78, 5) is 45.6. The number of alkyl carbamates (subject to hydrolysis) is 1. The molecule has 3 heterocycles. The normalized spacial score (nSPS) is 26.7. The van der Waals surface area contributed by atoms with Gasteiger partial charge in [-0.25, -0.2) is 9.18 Å². The molecule has 3 amide bonds. The SMILES string of the molecule is CC(C)(C)OC(=O)N[C@@H](CN1C[C@@H]2C[C@H]1C(=O)N2[C@@H](c1ccc(F)cc1)C1CCC1)C(=O)N1CCC[C@H]1C#N. The van der Waals surface area contributed by atoms with Crippen LogP contribution < -0.4 is 5.32 Å². The smallest absolute Gasteiger partial charge is 0.408 e. The Bertz CT molecular complexity index is 1140. The molecule has 4 fully saturated rings. The molecule has 0 spiro atoms. The Hall–Kier alpha value is -3.19. The molecule has 9 nitrogen and oxygen atoms in total. The molecule has 2 bridgehead atoms. The van der Waals surface area contributed by atoms with E-state index in [1.807, 2.05) is 9.80 Å². The van der Waals surface area contributed by atoms with Crippen molar-refractivity contribution >= 4 is 17.9 Å². The zero-order valence-electron chi connectivity index (χ0n) is 22.9. The second-order valence-electron chi connectivity index (χ2n) is 12.3. The molecule has 5 rings (SSSR count). The Morgan fingerprint density at radius 1 is 1.18 bits per heavy atom. The van der Waals surface area contributed by atoms with Gasteiger partial charge in [-0.05, 0) is 76.5 Å². The van der Waals surface area contributed by atoms with Crippen molar-refractivity contribution in [1.29, 1.82) is 5.26 Å². The number of carbonyl (C=O) groups excluding carboxylic acids is 3. The third-order valence-corrected chi connectivity index (χ3v) is 8.51. The van der Waals surface area contributed by atoms with E-state index >= 15 is 0 Å². The van der Waals surface area contributed by atoms with Gasteiger partial charge in [0, 0.05) is 25.7 Å². The molecule has 1 N–H and O–H groups in total. The van der Waals surface area contributed by atoms with E-state index in [0.29, 0.717) is 31.8 Å². The number of nitriles is 1. The molecular weight excluding hydrogens is 501 g/mol. The Balaban J connectivity index is 1.33. The predicted molar refractivity (Wildman–Crippen MR) is 141 cm³/mol. The quantitative estimate of drug-likeness (QED) is 0.570. The number of carbonyl (C=O) groups is 3. The summed E-state index contributed by atoms with van der Waals surface area (Å²) >= 11 is 0. The van der Waals surface area contributed by atoms with E-state index in [1.165, 1.54) is 17.0 Å². The minimum absolute atomic E-state index is 0.0194. The van der Waals surface area contributed by atoms with E-state index in [1.54, 1.807) is 32.9 Å². The highest BCUT2D eigenvalue weighted by Crippen LogP contribution is 2.47. The Kier molecular flexibility index (Phi) is 7.55. The van der Waals surface area contributed by atoms with Crippen LogP contribution in [0.25, 0.3) is 0 Å². The molecule has 3 aliphatic heterocycles. The molecular formula is C29H38FN5O4. The number of fused-ring (bicyclic) bond motifs is 2. The highest BCUT2D eigenvalue weighted by Gasteiger charge is 2.54. The number of hydrogen-bond acceptors (Lipinski definition) is 6. The highest BCUT2D eigenvalue weighted by atomic mass is 19.1. The van der Waals surface area contributed by atoms with Crippen molar-refractivity contribution in [3.8, 4) is 6.07 Å². The number of rotatable bonds is 7. The third-order valence-electron chi connectivity index (χ3n) is 8.51. The molecule has 210 valence electrons. The number of amides is 3. The number of halogens is 1. The van der Waals surface area contributed by atoms with Crippen molar-refractivity contribution in [3.63, 3.8) is 0 Å². The molecule has 39 heavy (non-hydrogen) atoms. The van der Waals surface area contributed by atoms with Crippen molar-refractivity contribution in [3.05, 3.63) is 35.6 Å². The van der Waals surface area contributed by atoms with Crippen LogP contribution in [-0.2, 0) is 14.3 Å². The first-order valence-electron chi connectivity index (χ1n) is 14.1. The van der Waals surface area contributed by atoms with Gasteiger partial charge in [0.05, 0.1) is 18.2 Å². The van der Waals surface area contributed by atoms with E-state index < -0.39 is 23.8 Å². The summed E-state index contributed by atoms with van der Waals surface area (Å²) in [5.41, 5.74) is 0.227. The first-order valence-corrected chi connectivity index (χ1v) is 14.1. The summed E-state index contributed by atoms with van der Waals surface area (Å²) in [5, 5.41) is 12.3. The van der Waals surface area contributed by atoms with Crippen molar-refractivity contribution in [2.24, 2.45) is 5.92 Å². The van der Waals surface area contributed by atoms with Gasteiger partial charge in [0.2, 0.25) is 11.8 Å². The number of nitrogens with zero attached hydrogens (tertiary/aromatic N) is 4. The van der Waals surface area contributed by atoms with Gasteiger partial charge < -0.3 is 19.9 Å². The van der Waals surface area contributed by atoms with Gasteiger partial charge in [-0.1, -0.05) is 18.6 Å². The largest absolute Gasteiger partial charge is 0.444 e. The lowest BCUT2D eigenvalue weighted by atomic mass is 9.76. The lowest BCUT2D eigenvalue weighted by Crippen LogP contribution is -2.59. The van der Waals surface area contributed by atoms with E-state index in [0.717, 1.165) is 31.2 Å². The minimum Gasteiger partial charge on any atom is -0.444 e. The lowest BCUT2D eigenvalue weighted by Gasteiger charge is -2.45. The van der Waals surface area contributed by atoms with Crippen molar-refractivity contribution in [2.45, 2.75) is 95.1 Å². The summed E-state index contributed by atoms with van der Waals surface area (Å²) in [6.45, 7) is 6.47. The Morgan fingerprint density at radius 3 is 2.49 bits per heavy atom. The van der Waals surface area contributed by atoms with Crippen LogP contribution in [0.1, 0.15) is 70.9 Å². The van der Waals surface area contributed by atoms with Gasteiger partial charge in [-0.2, -0.15) is 5.26 Å². The van der Waals surface area contributed by atoms with Crippen LogP contribution in [-0.4, -0.2) is 82.0 Å². The van der Waals surface area contributed by atoms with Gasteiger partial charge in [-0.3, -0.25) is 14.5 Å². The number of benzene rings is 1. The van der Waals surface area contributed by atoms with Gasteiger partial charge >= 0.3 is 6.09 Å². The molecule has 0 unspecified atom stereocenters. The molecule has 10 heteroatoms. The summed E-state index contributed by atoms with van der Waals surface area (Å²) in [6.07, 6.45) is 4.50. The topological polar surface area (TPSA) is 106 Å². The second-order valence-corrected chi connectivity index (χ2v) is 12.3. The molecule has 0 aromatic heterocycles. The fraction of sp³-hybridized carbons (Fsp3) is 0.655. The molecule has 1 aromatic carbocycles. The number of likely N-dealkylation sites (tertiary alicyclic amines) is 3. The summed E-state index contributed by atoms with van der Waals surface area (Å²) in [5.74, 6) is -0.243. The van der Waals surface area contributed by atoms with Crippen LogP contribution >= 0.6 is 0 Å². The molecule has 4 aliphatic rings. The van der Waals surface area contributed by atoms with E-state index in [2.05, 4.69) is 11.4 Å². The average molecular weight is 540 g/mol. The van der Waals surface area contributed by atoms with E-state index in [9.17, 15) is 24.0 Å². The van der Waals surface area contributed by atoms with Crippen LogP contribution in [0.4, 0.5) is 9.18 Å². The maximum atomic E-state index is 13.8. The maximum absolute atomic E-state index is 13.8. The van der Waals surface area contributed by atoms with Crippen LogP contribution in [0.2, 0.25) is 0 Å². The number of hydrogen-bond donors (Lipinski definition) is 1. The third kappa shape index (κ3) is 5.60. The first kappa shape index (κ1) is 27.4. The van der Waals surface area contributed by atoms with E-state index in [-0.39, 0.29) is 42.3 Å².